The van der Waals surface area contributed by atoms with Gasteiger partial charge in [-0.2, -0.15) is 0 Å². The van der Waals surface area contributed by atoms with E-state index >= 15 is 0 Å². The van der Waals surface area contributed by atoms with Gasteiger partial charge in [0.25, 0.3) is 0 Å². The van der Waals surface area contributed by atoms with Crippen LogP contribution in [0.25, 0.3) is 10.8 Å². The first-order chi connectivity index (χ1) is 13.7. The topological polar surface area (TPSA) is 21.6 Å². The molecule has 0 aliphatic heterocycles. The van der Waals surface area contributed by atoms with Crippen LogP contribution in [-0.2, 0) is 6.61 Å². The molecule has 0 saturated heterocycles. The first-order valence-corrected chi connectivity index (χ1v) is 9.57. The number of hydrogen-bond donors (Lipinski definition) is 0. The minimum atomic E-state index is 0.510. The van der Waals surface area contributed by atoms with Gasteiger partial charge in [0.1, 0.15) is 12.4 Å². The number of rotatable bonds is 5. The van der Waals surface area contributed by atoms with Crippen molar-refractivity contribution in [3.63, 3.8) is 0 Å². The van der Waals surface area contributed by atoms with Crippen molar-refractivity contribution in [3.05, 3.63) is 107 Å². The van der Waals surface area contributed by atoms with Gasteiger partial charge in [0.15, 0.2) is 0 Å². The maximum absolute atomic E-state index is 6.16. The summed E-state index contributed by atoms with van der Waals surface area (Å²) < 4.78 is 6.16. The summed E-state index contributed by atoms with van der Waals surface area (Å²) >= 11 is 6.14. The van der Waals surface area contributed by atoms with E-state index < -0.39 is 0 Å². The predicted octanol–water partition coefficient (Wildman–Crippen LogP) is 7.13. The van der Waals surface area contributed by atoms with Crippen LogP contribution < -0.4 is 4.74 Å². The van der Waals surface area contributed by atoms with E-state index in [2.05, 4.69) is 30.3 Å². The Bertz CT molecular complexity index is 1140. The number of aliphatic imine (C=N–C) groups is 1. The van der Waals surface area contributed by atoms with Crippen LogP contribution in [0, 0.1) is 6.92 Å². The summed E-state index contributed by atoms with van der Waals surface area (Å²) in [6.07, 6.45) is 1.88. The van der Waals surface area contributed by atoms with Crippen LogP contribution in [0.5, 0.6) is 5.75 Å². The van der Waals surface area contributed by atoms with Gasteiger partial charge in [0.2, 0.25) is 0 Å². The fourth-order valence-corrected chi connectivity index (χ4v) is 3.29. The Hall–Kier alpha value is -3.10. The molecule has 4 aromatic carbocycles. The fourth-order valence-electron chi connectivity index (χ4n) is 3.13. The van der Waals surface area contributed by atoms with E-state index in [9.17, 15) is 0 Å². The minimum Gasteiger partial charge on any atom is -0.488 e. The van der Waals surface area contributed by atoms with Crippen LogP contribution in [0.15, 0.2) is 89.9 Å². The molecule has 0 radical (unpaired) electrons. The van der Waals surface area contributed by atoms with E-state index in [-0.39, 0.29) is 0 Å². The molecule has 0 aliphatic rings. The standard InChI is InChI=1S/C25H20ClNO/c1-18-11-13-21(26)15-24(18)27-16-23-22-10-6-5-9-20(22)12-14-25(23)28-17-19-7-3-2-4-8-19/h2-16H,17H2,1H3. The van der Waals surface area contributed by atoms with E-state index in [1.165, 1.54) is 0 Å². The van der Waals surface area contributed by atoms with Gasteiger partial charge in [0, 0.05) is 16.8 Å². The lowest BCUT2D eigenvalue weighted by Crippen LogP contribution is -1.99. The number of benzene rings is 4. The first kappa shape index (κ1) is 18.3. The molecule has 0 aromatic heterocycles. The third-order valence-electron chi connectivity index (χ3n) is 4.67. The third-order valence-corrected chi connectivity index (χ3v) is 4.91. The summed E-state index contributed by atoms with van der Waals surface area (Å²) in [5.41, 5.74) is 4.03. The van der Waals surface area contributed by atoms with Gasteiger partial charge >= 0.3 is 0 Å². The van der Waals surface area contributed by atoms with Gasteiger partial charge in [-0.3, -0.25) is 4.99 Å². The van der Waals surface area contributed by atoms with Crippen molar-refractivity contribution in [1.29, 1.82) is 0 Å². The Labute approximate surface area is 170 Å². The second-order valence-corrected chi connectivity index (χ2v) is 7.10. The summed E-state index contributed by atoms with van der Waals surface area (Å²) in [6.45, 7) is 2.54. The zero-order valence-corrected chi connectivity index (χ0v) is 16.4. The summed E-state index contributed by atoms with van der Waals surface area (Å²) in [7, 11) is 0. The van der Waals surface area contributed by atoms with Gasteiger partial charge in [-0.05, 0) is 47.0 Å². The molecule has 0 spiro atoms. The Morgan fingerprint density at radius 1 is 0.893 bits per heavy atom. The largest absolute Gasteiger partial charge is 0.488 e. The van der Waals surface area contributed by atoms with Crippen LogP contribution in [-0.4, -0.2) is 6.21 Å². The van der Waals surface area contributed by atoms with Gasteiger partial charge in [-0.1, -0.05) is 78.3 Å². The van der Waals surface area contributed by atoms with Crippen molar-refractivity contribution in [3.8, 4) is 5.75 Å². The van der Waals surface area contributed by atoms with Gasteiger partial charge in [0.05, 0.1) is 5.69 Å². The average Bonchev–Trinajstić information content (AvgIpc) is 2.74. The summed E-state index contributed by atoms with van der Waals surface area (Å²) in [5, 5.41) is 2.94. The average molecular weight is 386 g/mol. The molecule has 3 heteroatoms. The Morgan fingerprint density at radius 3 is 2.54 bits per heavy atom. The number of hydrogen-bond acceptors (Lipinski definition) is 2. The van der Waals surface area contributed by atoms with Crippen LogP contribution in [0.2, 0.25) is 5.02 Å². The van der Waals surface area contributed by atoms with E-state index in [0.717, 1.165) is 38.9 Å². The molecular weight excluding hydrogens is 366 g/mol. The molecule has 0 atom stereocenters. The van der Waals surface area contributed by atoms with Crippen LogP contribution in [0.3, 0.4) is 0 Å². The molecule has 0 heterocycles. The highest BCUT2D eigenvalue weighted by atomic mass is 35.5. The van der Waals surface area contributed by atoms with Crippen LogP contribution in [0.1, 0.15) is 16.7 Å². The highest BCUT2D eigenvalue weighted by Crippen LogP contribution is 2.29. The Morgan fingerprint density at radius 2 is 1.68 bits per heavy atom. The third kappa shape index (κ3) is 4.08. The van der Waals surface area contributed by atoms with Crippen molar-refractivity contribution in [2.75, 3.05) is 0 Å². The van der Waals surface area contributed by atoms with Gasteiger partial charge < -0.3 is 4.74 Å². The SMILES string of the molecule is Cc1ccc(Cl)cc1N=Cc1c(OCc2ccccc2)ccc2ccccc12. The maximum Gasteiger partial charge on any atom is 0.129 e. The van der Waals surface area contributed by atoms with Crippen molar-refractivity contribution < 1.29 is 4.74 Å². The molecule has 138 valence electrons. The number of halogens is 1. The maximum atomic E-state index is 6.16. The molecule has 0 saturated carbocycles. The van der Waals surface area contributed by atoms with Crippen molar-refractivity contribution in [2.45, 2.75) is 13.5 Å². The summed E-state index contributed by atoms with van der Waals surface area (Å²) in [4.78, 5) is 4.71. The molecule has 0 amide bonds. The predicted molar refractivity (Wildman–Crippen MR) is 118 cm³/mol. The molecule has 4 aromatic rings. The molecule has 28 heavy (non-hydrogen) atoms. The molecule has 0 N–H and O–H groups in total. The van der Waals surface area contributed by atoms with E-state index in [4.69, 9.17) is 21.3 Å². The number of nitrogens with zero attached hydrogens (tertiary/aromatic N) is 1. The lowest BCUT2D eigenvalue weighted by Gasteiger charge is -2.12. The molecule has 0 bridgehead atoms. The molecular formula is C25H20ClNO. The highest BCUT2D eigenvalue weighted by Gasteiger charge is 2.08. The van der Waals surface area contributed by atoms with Crippen molar-refractivity contribution >= 4 is 34.3 Å². The number of ether oxygens (including phenoxy) is 1. The first-order valence-electron chi connectivity index (χ1n) is 9.19. The van der Waals surface area contributed by atoms with Crippen LogP contribution in [0.4, 0.5) is 5.69 Å². The quantitative estimate of drug-likeness (QED) is 0.335. The fraction of sp³-hybridized carbons (Fsp3) is 0.0800. The molecule has 2 nitrogen and oxygen atoms in total. The van der Waals surface area contributed by atoms with E-state index in [1.807, 2.05) is 67.7 Å². The van der Waals surface area contributed by atoms with E-state index in [1.54, 1.807) is 0 Å². The zero-order valence-electron chi connectivity index (χ0n) is 15.6. The number of fused-ring (bicyclic) bond motifs is 1. The molecule has 0 fully saturated rings. The Kier molecular flexibility index (Phi) is 5.41. The second kappa shape index (κ2) is 8.28. The smallest absolute Gasteiger partial charge is 0.129 e. The summed E-state index contributed by atoms with van der Waals surface area (Å²) in [5.74, 6) is 0.811. The molecule has 0 unspecified atom stereocenters. The van der Waals surface area contributed by atoms with Crippen molar-refractivity contribution in [2.24, 2.45) is 4.99 Å². The Balaban J connectivity index is 1.73. The molecule has 4 rings (SSSR count). The van der Waals surface area contributed by atoms with Gasteiger partial charge in [-0.15, -0.1) is 0 Å². The highest BCUT2D eigenvalue weighted by molar-refractivity contribution is 6.30. The zero-order chi connectivity index (χ0) is 19.3. The lowest BCUT2D eigenvalue weighted by atomic mass is 10.0. The second-order valence-electron chi connectivity index (χ2n) is 6.66. The lowest BCUT2D eigenvalue weighted by molar-refractivity contribution is 0.306. The normalized spacial score (nSPS) is 11.2. The minimum absolute atomic E-state index is 0.510. The number of aryl methyl sites for hydroxylation is 1. The molecule has 0 aliphatic carbocycles. The van der Waals surface area contributed by atoms with Crippen LogP contribution >= 0.6 is 11.6 Å². The summed E-state index contributed by atoms with van der Waals surface area (Å²) in [6, 6.07) is 28.2. The monoisotopic (exact) mass is 385 g/mol. The van der Waals surface area contributed by atoms with E-state index in [0.29, 0.717) is 11.6 Å². The van der Waals surface area contributed by atoms with Gasteiger partial charge in [-0.25, -0.2) is 0 Å². The van der Waals surface area contributed by atoms with Crippen molar-refractivity contribution in [1.82, 2.24) is 0 Å².